The fourth-order valence-corrected chi connectivity index (χ4v) is 4.16. The first-order valence-electron chi connectivity index (χ1n) is 10.3. The van der Waals surface area contributed by atoms with E-state index in [-0.39, 0.29) is 12.4 Å². The van der Waals surface area contributed by atoms with Crippen molar-refractivity contribution >= 4 is 17.4 Å². The van der Waals surface area contributed by atoms with Crippen molar-refractivity contribution in [3.8, 4) is 11.5 Å². The van der Waals surface area contributed by atoms with Crippen LogP contribution in [0, 0.1) is 5.82 Å². The summed E-state index contributed by atoms with van der Waals surface area (Å²) in [6, 6.07) is 17.5. The number of benzene rings is 3. The third kappa shape index (κ3) is 3.40. The van der Waals surface area contributed by atoms with Gasteiger partial charge in [-0.25, -0.2) is 4.39 Å². The Bertz CT molecular complexity index is 1210. The second kappa shape index (κ2) is 7.76. The molecular weight excluding hydrogens is 413 g/mol. The maximum atomic E-state index is 13.4. The van der Waals surface area contributed by atoms with E-state index in [4.69, 9.17) is 9.47 Å². The van der Waals surface area contributed by atoms with E-state index in [9.17, 15) is 19.1 Å². The van der Waals surface area contributed by atoms with E-state index in [1.807, 2.05) is 0 Å². The minimum Gasteiger partial charge on any atom is -0.486 e. The van der Waals surface area contributed by atoms with Crippen LogP contribution in [0.1, 0.15) is 27.9 Å². The van der Waals surface area contributed by atoms with Gasteiger partial charge in [0.25, 0.3) is 5.91 Å². The van der Waals surface area contributed by atoms with E-state index in [0.717, 1.165) is 0 Å². The van der Waals surface area contributed by atoms with Crippen molar-refractivity contribution in [3.63, 3.8) is 0 Å². The van der Waals surface area contributed by atoms with E-state index >= 15 is 0 Å². The van der Waals surface area contributed by atoms with Crippen LogP contribution in [0.15, 0.2) is 66.7 Å². The minimum absolute atomic E-state index is 0.149. The van der Waals surface area contributed by atoms with Crippen LogP contribution in [0.4, 0.5) is 10.1 Å². The van der Waals surface area contributed by atoms with Crippen LogP contribution in [-0.2, 0) is 16.9 Å². The molecule has 5 rings (SSSR count). The summed E-state index contributed by atoms with van der Waals surface area (Å²) in [5.74, 6) is -0.335. The van der Waals surface area contributed by atoms with Crippen LogP contribution in [0.25, 0.3) is 0 Å². The van der Waals surface area contributed by atoms with Crippen molar-refractivity contribution in [2.75, 3.05) is 18.1 Å². The van der Waals surface area contributed by atoms with Crippen LogP contribution in [0.5, 0.6) is 11.5 Å². The van der Waals surface area contributed by atoms with Crippen molar-refractivity contribution < 1.29 is 28.6 Å². The molecule has 0 unspecified atom stereocenters. The average molecular weight is 433 g/mol. The molecule has 0 fully saturated rings. The Kier molecular flexibility index (Phi) is 4.90. The molecule has 32 heavy (non-hydrogen) atoms. The molecule has 3 aromatic rings. The van der Waals surface area contributed by atoms with Gasteiger partial charge in [-0.05, 0) is 42.0 Å². The summed E-state index contributed by atoms with van der Waals surface area (Å²) < 4.78 is 24.3. The summed E-state index contributed by atoms with van der Waals surface area (Å²) in [7, 11) is 0. The largest absolute Gasteiger partial charge is 0.486 e. The van der Waals surface area contributed by atoms with Crippen molar-refractivity contribution in [1.29, 1.82) is 0 Å². The smallest absolute Gasteiger partial charge is 0.264 e. The van der Waals surface area contributed by atoms with E-state index < -0.39 is 23.7 Å². The normalized spacial score (nSPS) is 19.1. The fraction of sp³-hybridized carbons (Fsp3) is 0.200. The lowest BCUT2D eigenvalue weighted by atomic mass is 9.88. The number of hydrogen-bond acceptors (Lipinski definition) is 5. The number of hydrogen-bond donors (Lipinski definition) is 1. The van der Waals surface area contributed by atoms with Gasteiger partial charge in [-0.2, -0.15) is 0 Å². The quantitative estimate of drug-likeness (QED) is 0.623. The Labute approximate surface area is 183 Å². The van der Waals surface area contributed by atoms with E-state index in [2.05, 4.69) is 0 Å². The predicted molar refractivity (Wildman–Crippen MR) is 114 cm³/mol. The van der Waals surface area contributed by atoms with Gasteiger partial charge in [-0.15, -0.1) is 0 Å². The summed E-state index contributed by atoms with van der Waals surface area (Å²) in [6.45, 7) is 0.977. The summed E-state index contributed by atoms with van der Waals surface area (Å²) in [4.78, 5) is 27.9. The molecule has 0 radical (unpaired) electrons. The van der Waals surface area contributed by atoms with E-state index in [1.165, 1.54) is 17.0 Å². The average Bonchev–Trinajstić information content (AvgIpc) is 3.02. The Balaban J connectivity index is 1.44. The molecule has 1 amide bonds. The van der Waals surface area contributed by atoms with Gasteiger partial charge in [0.05, 0.1) is 18.7 Å². The SMILES string of the molecule is O=C(C[C@]1(O)C(=O)N(Cc2ccc(F)cc2)c2ccccc21)c1ccc2c(c1)OCCO2. The van der Waals surface area contributed by atoms with Crippen LogP contribution in [0.3, 0.4) is 0 Å². The lowest BCUT2D eigenvalue weighted by Gasteiger charge is -2.23. The Morgan fingerprint density at radius 3 is 2.50 bits per heavy atom. The second-order valence-corrected chi connectivity index (χ2v) is 7.85. The molecule has 162 valence electrons. The summed E-state index contributed by atoms with van der Waals surface area (Å²) in [5, 5.41) is 11.4. The van der Waals surface area contributed by atoms with Gasteiger partial charge < -0.3 is 19.5 Å². The first-order chi connectivity index (χ1) is 15.5. The molecule has 2 aliphatic heterocycles. The number of halogens is 1. The third-order valence-electron chi connectivity index (χ3n) is 5.77. The molecule has 1 atom stereocenters. The number of amides is 1. The highest BCUT2D eigenvalue weighted by Gasteiger charge is 2.50. The molecule has 2 heterocycles. The summed E-state index contributed by atoms with van der Waals surface area (Å²) in [5.41, 5.74) is -0.0692. The van der Waals surface area contributed by atoms with Gasteiger partial charge in [0.15, 0.2) is 22.9 Å². The van der Waals surface area contributed by atoms with Crippen LogP contribution in [0.2, 0.25) is 0 Å². The lowest BCUT2D eigenvalue weighted by molar-refractivity contribution is -0.136. The van der Waals surface area contributed by atoms with Gasteiger partial charge in [0.1, 0.15) is 19.0 Å². The molecule has 0 bridgehead atoms. The van der Waals surface area contributed by atoms with Gasteiger partial charge in [-0.3, -0.25) is 9.59 Å². The summed E-state index contributed by atoms with van der Waals surface area (Å²) >= 11 is 0. The van der Waals surface area contributed by atoms with E-state index in [1.54, 1.807) is 54.6 Å². The van der Waals surface area contributed by atoms with Gasteiger partial charge in [-0.1, -0.05) is 30.3 Å². The first-order valence-corrected chi connectivity index (χ1v) is 10.3. The number of ether oxygens (including phenoxy) is 2. The fourth-order valence-electron chi connectivity index (χ4n) is 4.16. The minimum atomic E-state index is -2.00. The van der Waals surface area contributed by atoms with Crippen LogP contribution >= 0.6 is 0 Å². The Hall–Kier alpha value is -3.71. The molecule has 0 aliphatic carbocycles. The first kappa shape index (κ1) is 20.2. The number of carbonyl (C=O) groups is 2. The maximum Gasteiger partial charge on any atom is 0.264 e. The van der Waals surface area contributed by atoms with Crippen LogP contribution in [-0.4, -0.2) is 30.0 Å². The lowest BCUT2D eigenvalue weighted by Crippen LogP contribution is -2.41. The summed E-state index contributed by atoms with van der Waals surface area (Å²) in [6.07, 6.45) is -0.414. The number of carbonyl (C=O) groups excluding carboxylic acids is 2. The number of Topliss-reactive ketones (excluding diaryl/α,β-unsaturated/α-hetero) is 1. The number of anilines is 1. The van der Waals surface area contributed by atoms with Crippen molar-refractivity contribution in [2.24, 2.45) is 0 Å². The highest BCUT2D eigenvalue weighted by Crippen LogP contribution is 2.44. The second-order valence-electron chi connectivity index (χ2n) is 7.85. The molecule has 6 nitrogen and oxygen atoms in total. The molecule has 0 spiro atoms. The monoisotopic (exact) mass is 433 g/mol. The zero-order chi connectivity index (χ0) is 22.3. The molecule has 2 aliphatic rings. The van der Waals surface area contributed by atoms with Gasteiger partial charge in [0.2, 0.25) is 0 Å². The number of aliphatic hydroxyl groups is 1. The zero-order valence-corrected chi connectivity index (χ0v) is 17.1. The number of fused-ring (bicyclic) bond motifs is 2. The number of nitrogens with zero attached hydrogens (tertiary/aromatic N) is 1. The molecule has 0 aromatic heterocycles. The maximum absolute atomic E-state index is 13.4. The van der Waals surface area contributed by atoms with E-state index in [0.29, 0.717) is 47.1 Å². The molecule has 0 saturated heterocycles. The third-order valence-corrected chi connectivity index (χ3v) is 5.77. The Morgan fingerprint density at radius 2 is 1.72 bits per heavy atom. The molecule has 3 aromatic carbocycles. The molecule has 0 saturated carbocycles. The highest BCUT2D eigenvalue weighted by atomic mass is 19.1. The number of para-hydroxylation sites is 1. The van der Waals surface area contributed by atoms with Crippen LogP contribution < -0.4 is 14.4 Å². The topological polar surface area (TPSA) is 76.1 Å². The standard InChI is InChI=1S/C25H20FNO5/c26-18-8-5-16(6-9-18)15-27-20-4-2-1-3-19(20)25(30,24(27)29)14-21(28)17-7-10-22-23(13-17)32-12-11-31-22/h1-10,13,30H,11-12,14-15H2/t25-/m1/s1. The molecule has 7 heteroatoms. The predicted octanol–water partition coefficient (Wildman–Crippen LogP) is 3.60. The van der Waals surface area contributed by atoms with Gasteiger partial charge in [0, 0.05) is 11.1 Å². The molecular formula is C25H20FNO5. The highest BCUT2D eigenvalue weighted by molar-refractivity contribution is 6.10. The van der Waals surface area contributed by atoms with Crippen molar-refractivity contribution in [1.82, 2.24) is 0 Å². The zero-order valence-electron chi connectivity index (χ0n) is 17.1. The van der Waals surface area contributed by atoms with Crippen molar-refractivity contribution in [3.05, 3.63) is 89.2 Å². The number of ketones is 1. The van der Waals surface area contributed by atoms with Gasteiger partial charge >= 0.3 is 0 Å². The molecule has 1 N–H and O–H groups in total. The Morgan fingerprint density at radius 1 is 1.00 bits per heavy atom. The van der Waals surface area contributed by atoms with Crippen molar-refractivity contribution in [2.45, 2.75) is 18.6 Å². The number of rotatable bonds is 5.